The zero-order valence-electron chi connectivity index (χ0n) is 9.98. The Bertz CT molecular complexity index is 706. The molecule has 19 heavy (non-hydrogen) atoms. The van der Waals surface area contributed by atoms with Gasteiger partial charge in [0, 0.05) is 23.9 Å². The summed E-state index contributed by atoms with van der Waals surface area (Å²) in [5.74, 6) is 1.26. The van der Waals surface area contributed by atoms with E-state index in [9.17, 15) is 8.42 Å². The summed E-state index contributed by atoms with van der Waals surface area (Å²) in [6.45, 7) is 0. The summed E-state index contributed by atoms with van der Waals surface area (Å²) in [5, 5.41) is 8.91. The van der Waals surface area contributed by atoms with E-state index in [1.165, 1.54) is 24.9 Å². The minimum atomic E-state index is -3.79. The third kappa shape index (κ3) is 2.36. The lowest BCUT2D eigenvalue weighted by Gasteiger charge is -2.20. The molecule has 3 rings (SSSR count). The summed E-state index contributed by atoms with van der Waals surface area (Å²) < 4.78 is 27.7. The van der Waals surface area contributed by atoms with E-state index >= 15 is 0 Å². The van der Waals surface area contributed by atoms with Crippen molar-refractivity contribution in [1.29, 1.82) is 0 Å². The van der Waals surface area contributed by atoms with E-state index in [2.05, 4.69) is 15.1 Å². The van der Waals surface area contributed by atoms with Gasteiger partial charge in [0.1, 0.15) is 4.90 Å². The van der Waals surface area contributed by atoms with Gasteiger partial charge in [0.05, 0.1) is 0 Å². The van der Waals surface area contributed by atoms with Crippen LogP contribution in [0.5, 0.6) is 0 Å². The lowest BCUT2D eigenvalue weighted by Crippen LogP contribution is -2.12. The Morgan fingerprint density at radius 2 is 2.11 bits per heavy atom. The van der Waals surface area contributed by atoms with Gasteiger partial charge in [-0.25, -0.2) is 13.6 Å². The van der Waals surface area contributed by atoms with Crippen LogP contribution in [0.2, 0.25) is 0 Å². The molecule has 0 aromatic carbocycles. The predicted octanol–water partition coefficient (Wildman–Crippen LogP) is 1.05. The molecular weight excluding hydrogens is 268 g/mol. The second-order valence-corrected chi connectivity index (χ2v) is 6.10. The van der Waals surface area contributed by atoms with E-state index in [-0.39, 0.29) is 4.90 Å². The molecule has 0 spiro atoms. The molecule has 8 heteroatoms. The van der Waals surface area contributed by atoms with E-state index in [4.69, 9.17) is 9.66 Å². The molecule has 2 heterocycles. The largest absolute Gasteiger partial charge is 0.339 e. The van der Waals surface area contributed by atoms with Crippen molar-refractivity contribution in [3.8, 4) is 11.4 Å². The average molecular weight is 280 g/mol. The number of pyridine rings is 1. The highest BCUT2D eigenvalue weighted by Crippen LogP contribution is 2.35. The fraction of sp³-hybridized carbons (Fsp3) is 0.364. The number of nitrogens with zero attached hydrogens (tertiary/aromatic N) is 3. The van der Waals surface area contributed by atoms with Crippen LogP contribution in [0.4, 0.5) is 0 Å². The predicted molar refractivity (Wildman–Crippen MR) is 65.5 cm³/mol. The molecule has 0 radical (unpaired) electrons. The molecule has 1 aliphatic rings. The Labute approximate surface area is 109 Å². The SMILES string of the molecule is NS(=O)(=O)c1cncc(-c2noc(C3CCC3)n2)c1. The Kier molecular flexibility index (Phi) is 2.83. The van der Waals surface area contributed by atoms with Gasteiger partial charge in [-0.2, -0.15) is 4.98 Å². The van der Waals surface area contributed by atoms with Crippen molar-refractivity contribution in [3.05, 3.63) is 24.4 Å². The molecule has 1 fully saturated rings. The molecule has 0 atom stereocenters. The van der Waals surface area contributed by atoms with E-state index in [0.717, 1.165) is 12.8 Å². The van der Waals surface area contributed by atoms with Gasteiger partial charge in [-0.1, -0.05) is 11.6 Å². The molecular formula is C11H12N4O3S. The fourth-order valence-corrected chi connectivity index (χ4v) is 2.37. The topological polar surface area (TPSA) is 112 Å². The standard InChI is InChI=1S/C11H12N4O3S/c12-19(16,17)9-4-8(5-13-6-9)10-14-11(18-15-10)7-2-1-3-7/h4-7H,1-3H2,(H2,12,16,17). The monoisotopic (exact) mass is 280 g/mol. The van der Waals surface area contributed by atoms with E-state index in [0.29, 0.717) is 23.2 Å². The first-order chi connectivity index (χ1) is 9.04. The number of primary sulfonamides is 1. The van der Waals surface area contributed by atoms with Crippen LogP contribution in [0.3, 0.4) is 0 Å². The van der Waals surface area contributed by atoms with Crippen LogP contribution in [0.15, 0.2) is 27.9 Å². The normalized spacial score (nSPS) is 16.3. The second kappa shape index (κ2) is 4.39. The molecule has 0 bridgehead atoms. The molecule has 0 unspecified atom stereocenters. The third-order valence-electron chi connectivity index (χ3n) is 3.20. The van der Waals surface area contributed by atoms with E-state index < -0.39 is 10.0 Å². The Morgan fingerprint density at radius 1 is 1.32 bits per heavy atom. The van der Waals surface area contributed by atoms with Crippen LogP contribution in [0, 0.1) is 0 Å². The zero-order valence-corrected chi connectivity index (χ0v) is 10.8. The molecule has 2 N–H and O–H groups in total. The Morgan fingerprint density at radius 3 is 2.74 bits per heavy atom. The highest BCUT2D eigenvalue weighted by Gasteiger charge is 2.25. The molecule has 0 saturated heterocycles. The Balaban J connectivity index is 1.95. The maximum absolute atomic E-state index is 11.3. The van der Waals surface area contributed by atoms with Crippen LogP contribution in [-0.4, -0.2) is 23.5 Å². The summed E-state index contributed by atoms with van der Waals surface area (Å²) in [6, 6.07) is 1.39. The van der Waals surface area contributed by atoms with Gasteiger partial charge in [0.2, 0.25) is 21.7 Å². The highest BCUT2D eigenvalue weighted by atomic mass is 32.2. The zero-order chi connectivity index (χ0) is 13.5. The van der Waals surface area contributed by atoms with Gasteiger partial charge in [-0.05, 0) is 18.9 Å². The summed E-state index contributed by atoms with van der Waals surface area (Å²) in [4.78, 5) is 8.04. The molecule has 2 aromatic heterocycles. The Hall–Kier alpha value is -1.80. The molecule has 0 amide bonds. The first kappa shape index (κ1) is 12.2. The van der Waals surface area contributed by atoms with Crippen LogP contribution in [0.1, 0.15) is 31.1 Å². The van der Waals surface area contributed by atoms with Crippen LogP contribution in [0.25, 0.3) is 11.4 Å². The van der Waals surface area contributed by atoms with Gasteiger partial charge in [-0.3, -0.25) is 4.98 Å². The lowest BCUT2D eigenvalue weighted by atomic mass is 9.85. The fourth-order valence-electron chi connectivity index (χ4n) is 1.87. The summed E-state index contributed by atoms with van der Waals surface area (Å²) >= 11 is 0. The quantitative estimate of drug-likeness (QED) is 0.899. The number of rotatable bonds is 3. The molecule has 1 aliphatic carbocycles. The van der Waals surface area contributed by atoms with Crippen molar-refractivity contribution in [2.24, 2.45) is 5.14 Å². The first-order valence-corrected chi connectivity index (χ1v) is 7.40. The van der Waals surface area contributed by atoms with Crippen molar-refractivity contribution in [3.63, 3.8) is 0 Å². The summed E-state index contributed by atoms with van der Waals surface area (Å²) in [7, 11) is -3.79. The number of nitrogens with two attached hydrogens (primary N) is 1. The van der Waals surface area contributed by atoms with Gasteiger partial charge >= 0.3 is 0 Å². The maximum Gasteiger partial charge on any atom is 0.239 e. The van der Waals surface area contributed by atoms with Gasteiger partial charge in [0.25, 0.3) is 0 Å². The number of aromatic nitrogens is 3. The molecule has 1 saturated carbocycles. The van der Waals surface area contributed by atoms with Crippen LogP contribution in [-0.2, 0) is 10.0 Å². The van der Waals surface area contributed by atoms with Crippen molar-refractivity contribution in [2.45, 2.75) is 30.1 Å². The minimum absolute atomic E-state index is 0.0694. The minimum Gasteiger partial charge on any atom is -0.339 e. The van der Waals surface area contributed by atoms with Crippen LogP contribution >= 0.6 is 0 Å². The van der Waals surface area contributed by atoms with Gasteiger partial charge < -0.3 is 4.52 Å². The molecule has 7 nitrogen and oxygen atoms in total. The van der Waals surface area contributed by atoms with Crippen LogP contribution < -0.4 is 5.14 Å². The lowest BCUT2D eigenvalue weighted by molar-refractivity contribution is 0.292. The van der Waals surface area contributed by atoms with Crippen molar-refractivity contribution < 1.29 is 12.9 Å². The first-order valence-electron chi connectivity index (χ1n) is 5.86. The van der Waals surface area contributed by atoms with E-state index in [1.54, 1.807) is 0 Å². The third-order valence-corrected chi connectivity index (χ3v) is 4.08. The molecule has 100 valence electrons. The number of hydrogen-bond acceptors (Lipinski definition) is 6. The van der Waals surface area contributed by atoms with Gasteiger partial charge in [0.15, 0.2) is 0 Å². The maximum atomic E-state index is 11.3. The van der Waals surface area contributed by atoms with E-state index in [1.807, 2.05) is 0 Å². The molecule has 0 aliphatic heterocycles. The average Bonchev–Trinajstić information content (AvgIpc) is 2.75. The smallest absolute Gasteiger partial charge is 0.239 e. The highest BCUT2D eigenvalue weighted by molar-refractivity contribution is 7.89. The summed E-state index contributed by atoms with van der Waals surface area (Å²) in [6.07, 6.45) is 5.94. The van der Waals surface area contributed by atoms with Crippen molar-refractivity contribution in [1.82, 2.24) is 15.1 Å². The molecule has 2 aromatic rings. The second-order valence-electron chi connectivity index (χ2n) is 4.54. The van der Waals surface area contributed by atoms with Crippen molar-refractivity contribution >= 4 is 10.0 Å². The number of sulfonamides is 1. The van der Waals surface area contributed by atoms with Gasteiger partial charge in [-0.15, -0.1) is 0 Å². The summed E-state index contributed by atoms with van der Waals surface area (Å²) in [5.41, 5.74) is 0.473. The number of hydrogen-bond donors (Lipinski definition) is 1. The van der Waals surface area contributed by atoms with Crippen molar-refractivity contribution in [2.75, 3.05) is 0 Å².